The predicted molar refractivity (Wildman–Crippen MR) is 133 cm³/mol. The quantitative estimate of drug-likeness (QED) is 0.339. The molecule has 0 spiro atoms. The highest BCUT2D eigenvalue weighted by Crippen LogP contribution is 2.60. The zero-order chi connectivity index (χ0) is 24.1. The number of fused-ring (bicyclic) bond motifs is 1. The number of carbonyl (C=O) groups is 2. The second kappa shape index (κ2) is 10.9. The molecule has 2 aliphatic carbocycles. The fourth-order valence-electron chi connectivity index (χ4n) is 6.56. The van der Waals surface area contributed by atoms with Crippen molar-refractivity contribution in [3.05, 3.63) is 47.0 Å². The summed E-state index contributed by atoms with van der Waals surface area (Å²) in [5.74, 6) is 0.911. The molecular weight excluding hydrogens is 410 g/mol. The molecule has 33 heavy (non-hydrogen) atoms. The lowest BCUT2D eigenvalue weighted by Gasteiger charge is -2.55. The first-order valence-electron chi connectivity index (χ1n) is 12.8. The number of hydrogen-bond acceptors (Lipinski definition) is 3. The molecule has 3 rings (SSSR count). The van der Waals surface area contributed by atoms with Crippen LogP contribution in [-0.4, -0.2) is 18.5 Å². The van der Waals surface area contributed by atoms with E-state index in [-0.39, 0.29) is 22.7 Å². The second-order valence-corrected chi connectivity index (χ2v) is 11.0. The van der Waals surface area contributed by atoms with Gasteiger partial charge in [0.2, 0.25) is 5.91 Å². The molecule has 0 bridgehead atoms. The Hall–Kier alpha value is -2.10. The van der Waals surface area contributed by atoms with Crippen molar-refractivity contribution in [2.45, 2.75) is 92.5 Å². The molecule has 2 aliphatic rings. The van der Waals surface area contributed by atoms with Gasteiger partial charge in [0.1, 0.15) is 0 Å². The molecule has 1 aromatic carbocycles. The molecule has 1 amide bonds. The summed E-state index contributed by atoms with van der Waals surface area (Å²) in [6, 6.07) is 10.2. The van der Waals surface area contributed by atoms with Crippen LogP contribution in [0.25, 0.3) is 0 Å². The highest BCUT2D eigenvalue weighted by atomic mass is 16.5. The lowest BCUT2D eigenvalue weighted by molar-refractivity contribution is -0.142. The van der Waals surface area contributed by atoms with Gasteiger partial charge in [-0.15, -0.1) is 0 Å². The summed E-state index contributed by atoms with van der Waals surface area (Å²) >= 11 is 0. The lowest BCUT2D eigenvalue weighted by atomic mass is 9.49. The van der Waals surface area contributed by atoms with Crippen molar-refractivity contribution in [2.24, 2.45) is 22.7 Å². The smallest absolute Gasteiger partial charge is 0.302 e. The van der Waals surface area contributed by atoms with E-state index in [0.717, 1.165) is 50.5 Å². The summed E-state index contributed by atoms with van der Waals surface area (Å²) in [4.78, 5) is 24.6. The average molecular weight is 454 g/mol. The molecule has 0 radical (unpaired) electrons. The van der Waals surface area contributed by atoms with E-state index in [4.69, 9.17) is 4.74 Å². The summed E-state index contributed by atoms with van der Waals surface area (Å²) in [5.41, 5.74) is 4.05. The number of esters is 1. The van der Waals surface area contributed by atoms with Crippen LogP contribution in [0.4, 0.5) is 0 Å². The number of ether oxygens (including phenoxy) is 1. The Morgan fingerprint density at radius 2 is 1.88 bits per heavy atom. The van der Waals surface area contributed by atoms with Gasteiger partial charge in [0.05, 0.1) is 12.0 Å². The van der Waals surface area contributed by atoms with Crippen LogP contribution in [0.5, 0.6) is 0 Å². The van der Waals surface area contributed by atoms with E-state index >= 15 is 0 Å². The third-order valence-electron chi connectivity index (χ3n) is 8.56. The Morgan fingerprint density at radius 1 is 1.15 bits per heavy atom. The largest absolute Gasteiger partial charge is 0.466 e. The van der Waals surface area contributed by atoms with E-state index in [1.165, 1.54) is 18.9 Å². The van der Waals surface area contributed by atoms with Crippen molar-refractivity contribution in [3.63, 3.8) is 0 Å². The van der Waals surface area contributed by atoms with E-state index in [1.807, 2.05) is 18.2 Å². The summed E-state index contributed by atoms with van der Waals surface area (Å²) in [6.07, 6.45) is 8.54. The van der Waals surface area contributed by atoms with Crippen molar-refractivity contribution in [1.29, 1.82) is 0 Å². The third-order valence-corrected chi connectivity index (χ3v) is 8.56. The normalized spacial score (nSPS) is 28.1. The molecular formula is C29H43NO3. The maximum atomic E-state index is 13.5. The van der Waals surface area contributed by atoms with Crippen LogP contribution >= 0.6 is 0 Å². The number of rotatable bonds is 9. The Morgan fingerprint density at radius 3 is 2.58 bits per heavy atom. The van der Waals surface area contributed by atoms with Crippen molar-refractivity contribution in [1.82, 2.24) is 5.32 Å². The van der Waals surface area contributed by atoms with Gasteiger partial charge in [0.25, 0.3) is 0 Å². The van der Waals surface area contributed by atoms with Gasteiger partial charge in [-0.25, -0.2) is 0 Å². The Kier molecular flexibility index (Phi) is 8.42. The van der Waals surface area contributed by atoms with Gasteiger partial charge >= 0.3 is 5.97 Å². The molecule has 1 N–H and O–H groups in total. The van der Waals surface area contributed by atoms with Gasteiger partial charge in [-0.2, -0.15) is 0 Å². The zero-order valence-electron chi connectivity index (χ0n) is 21.3. The molecule has 0 saturated heterocycles. The van der Waals surface area contributed by atoms with E-state index in [2.05, 4.69) is 45.1 Å². The zero-order valence-corrected chi connectivity index (χ0v) is 21.3. The molecule has 0 aromatic heterocycles. The van der Waals surface area contributed by atoms with E-state index < -0.39 is 0 Å². The highest BCUT2D eigenvalue weighted by Gasteiger charge is 2.54. The van der Waals surface area contributed by atoms with Gasteiger partial charge in [-0.3, -0.25) is 9.59 Å². The maximum absolute atomic E-state index is 13.5. The van der Waals surface area contributed by atoms with Crippen LogP contribution in [-0.2, 0) is 20.9 Å². The van der Waals surface area contributed by atoms with Crippen LogP contribution in [0.15, 0.2) is 41.5 Å². The lowest BCUT2D eigenvalue weighted by Crippen LogP contribution is -2.53. The first-order chi connectivity index (χ1) is 15.7. The first-order valence-corrected chi connectivity index (χ1v) is 12.8. The number of allylic oxidation sites excluding steroid dienone is 2. The molecule has 1 aromatic rings. The number of nitrogens with one attached hydrogen (secondary N) is 1. The topological polar surface area (TPSA) is 55.4 Å². The number of carbonyl (C=O) groups excluding carboxylic acids is 2. The van der Waals surface area contributed by atoms with Gasteiger partial charge in [-0.05, 0) is 74.7 Å². The van der Waals surface area contributed by atoms with E-state index in [9.17, 15) is 9.59 Å². The average Bonchev–Trinajstić information content (AvgIpc) is 2.77. The van der Waals surface area contributed by atoms with Crippen molar-refractivity contribution in [2.75, 3.05) is 6.61 Å². The number of hydrogen-bond donors (Lipinski definition) is 1. The standard InChI is InChI=1S/C29H43NO3/c1-21(16-19-33-23(3)31)12-14-25-22(2)13-15-26-28(25,4)17-9-18-29(26,5)27(32)30-20-24-10-7-6-8-11-24/h6-8,10-11,21,26H,9,12-20H2,1-5H3,(H,30,32)/t21-,26+,28+,29?/m0/s1. The fraction of sp³-hybridized carbons (Fsp3) is 0.655. The summed E-state index contributed by atoms with van der Waals surface area (Å²) in [5, 5.41) is 3.27. The molecule has 4 atom stereocenters. The second-order valence-electron chi connectivity index (χ2n) is 11.0. The summed E-state index contributed by atoms with van der Waals surface area (Å²) < 4.78 is 5.14. The van der Waals surface area contributed by atoms with Gasteiger partial charge < -0.3 is 10.1 Å². The fourth-order valence-corrected chi connectivity index (χ4v) is 6.56. The molecule has 4 heteroatoms. The van der Waals surface area contributed by atoms with E-state index in [1.54, 1.807) is 5.57 Å². The molecule has 1 saturated carbocycles. The molecule has 0 aliphatic heterocycles. The number of amides is 1. The molecule has 4 nitrogen and oxygen atoms in total. The maximum Gasteiger partial charge on any atom is 0.302 e. The Bertz CT molecular complexity index is 861. The Balaban J connectivity index is 1.69. The van der Waals surface area contributed by atoms with E-state index in [0.29, 0.717) is 25.0 Å². The van der Waals surface area contributed by atoms with Crippen LogP contribution in [0.3, 0.4) is 0 Å². The van der Waals surface area contributed by atoms with Crippen LogP contribution < -0.4 is 5.32 Å². The minimum Gasteiger partial charge on any atom is -0.466 e. The molecule has 1 fully saturated rings. The van der Waals surface area contributed by atoms with Crippen LogP contribution in [0.2, 0.25) is 0 Å². The number of benzene rings is 1. The molecule has 182 valence electrons. The monoisotopic (exact) mass is 453 g/mol. The Labute approximate surface area is 200 Å². The van der Waals surface area contributed by atoms with Crippen molar-refractivity contribution in [3.8, 4) is 0 Å². The van der Waals surface area contributed by atoms with Gasteiger partial charge in [0.15, 0.2) is 0 Å². The molecule has 1 unspecified atom stereocenters. The molecule has 0 heterocycles. The van der Waals surface area contributed by atoms with Crippen molar-refractivity contribution >= 4 is 11.9 Å². The predicted octanol–water partition coefficient (Wildman–Crippen LogP) is 6.60. The van der Waals surface area contributed by atoms with Crippen molar-refractivity contribution < 1.29 is 14.3 Å². The van der Waals surface area contributed by atoms with Gasteiger partial charge in [-0.1, -0.05) is 68.7 Å². The summed E-state index contributed by atoms with van der Waals surface area (Å²) in [6.45, 7) is 11.8. The SMILES string of the molecule is CC(=O)OCC[C@@H](C)CCC1=C(C)CC[C@H]2C(C)(C(=O)NCc3ccccc3)CCC[C@]12C. The van der Waals surface area contributed by atoms with Crippen LogP contribution in [0, 0.1) is 22.7 Å². The van der Waals surface area contributed by atoms with Gasteiger partial charge in [0, 0.05) is 13.5 Å². The summed E-state index contributed by atoms with van der Waals surface area (Å²) in [7, 11) is 0. The minimum atomic E-state index is -0.325. The minimum absolute atomic E-state index is 0.0923. The highest BCUT2D eigenvalue weighted by molar-refractivity contribution is 5.83. The first kappa shape index (κ1) is 25.5. The van der Waals surface area contributed by atoms with Crippen LogP contribution in [0.1, 0.15) is 91.5 Å². The third kappa shape index (κ3) is 5.88.